The molecule has 6 rings (SSSR count). The van der Waals surface area contributed by atoms with Gasteiger partial charge in [-0.2, -0.15) is 0 Å². The van der Waals surface area contributed by atoms with Gasteiger partial charge in [0.25, 0.3) is 0 Å². The van der Waals surface area contributed by atoms with Crippen molar-refractivity contribution in [2.24, 2.45) is 0 Å². The molecule has 1 aliphatic rings. The zero-order valence-corrected chi connectivity index (χ0v) is 19.9. The van der Waals surface area contributed by atoms with Crippen molar-refractivity contribution in [3.8, 4) is 0 Å². The number of rotatable bonds is 6. The molecule has 35 heavy (non-hydrogen) atoms. The first-order valence-corrected chi connectivity index (χ1v) is 12.5. The summed E-state index contributed by atoms with van der Waals surface area (Å²) in [5.41, 5.74) is 3.15. The van der Waals surface area contributed by atoms with Crippen molar-refractivity contribution in [2.75, 3.05) is 31.1 Å². The standard InChI is InChI=1S/C26H24FN7S/c27-21-12-10-19(11-13-21)18-34-25(29-30-31-34)24(20-6-2-1-3-7-20)32-14-16-33(17-15-32)26-28-22-8-4-5-9-23(22)35-26/h1-13,24H,14-18H2/t24-/m0/s1. The molecule has 2 aromatic heterocycles. The van der Waals surface area contributed by atoms with E-state index in [2.05, 4.69) is 55.7 Å². The average Bonchev–Trinajstić information content (AvgIpc) is 3.54. The van der Waals surface area contributed by atoms with Gasteiger partial charge in [0.15, 0.2) is 11.0 Å². The summed E-state index contributed by atoms with van der Waals surface area (Å²) < 4.78 is 16.4. The number of benzene rings is 3. The molecule has 0 saturated carbocycles. The van der Waals surface area contributed by atoms with Crippen LogP contribution in [-0.4, -0.2) is 56.3 Å². The molecule has 3 aromatic carbocycles. The van der Waals surface area contributed by atoms with Crippen LogP contribution in [0.5, 0.6) is 0 Å². The smallest absolute Gasteiger partial charge is 0.186 e. The van der Waals surface area contributed by atoms with Gasteiger partial charge in [-0.15, -0.1) is 5.10 Å². The van der Waals surface area contributed by atoms with Gasteiger partial charge in [-0.05, 0) is 45.8 Å². The Morgan fingerprint density at radius 1 is 0.857 bits per heavy atom. The van der Waals surface area contributed by atoms with Crippen LogP contribution in [0.4, 0.5) is 9.52 Å². The predicted octanol–water partition coefficient (Wildman–Crippen LogP) is 4.38. The monoisotopic (exact) mass is 485 g/mol. The Kier molecular flexibility index (Phi) is 5.93. The van der Waals surface area contributed by atoms with Crippen molar-refractivity contribution >= 4 is 26.7 Å². The molecule has 1 aliphatic heterocycles. The van der Waals surface area contributed by atoms with Crippen LogP contribution in [-0.2, 0) is 6.54 Å². The number of fused-ring (bicyclic) bond motifs is 1. The Labute approximate surface area is 206 Å². The van der Waals surface area contributed by atoms with Gasteiger partial charge < -0.3 is 4.90 Å². The summed E-state index contributed by atoms with van der Waals surface area (Å²) in [6.07, 6.45) is 0. The number of halogens is 1. The van der Waals surface area contributed by atoms with Crippen LogP contribution in [0.2, 0.25) is 0 Å². The fourth-order valence-electron chi connectivity index (χ4n) is 4.61. The lowest BCUT2D eigenvalue weighted by Gasteiger charge is -2.38. The van der Waals surface area contributed by atoms with Gasteiger partial charge in [0, 0.05) is 26.2 Å². The second-order valence-corrected chi connectivity index (χ2v) is 9.63. The minimum atomic E-state index is -0.251. The van der Waals surface area contributed by atoms with Crippen LogP contribution < -0.4 is 4.90 Å². The van der Waals surface area contributed by atoms with E-state index in [0.717, 1.165) is 53.8 Å². The maximum absolute atomic E-state index is 13.4. The molecule has 7 nitrogen and oxygen atoms in total. The summed E-state index contributed by atoms with van der Waals surface area (Å²) >= 11 is 1.75. The average molecular weight is 486 g/mol. The number of aromatic nitrogens is 5. The van der Waals surface area contributed by atoms with Crippen molar-refractivity contribution in [2.45, 2.75) is 12.6 Å². The summed E-state index contributed by atoms with van der Waals surface area (Å²) in [5.74, 6) is 0.535. The largest absolute Gasteiger partial charge is 0.345 e. The van der Waals surface area contributed by atoms with E-state index in [1.54, 1.807) is 23.5 Å². The van der Waals surface area contributed by atoms with Gasteiger partial charge in [-0.1, -0.05) is 65.9 Å². The summed E-state index contributed by atoms with van der Waals surface area (Å²) in [6, 6.07) is 25.1. The van der Waals surface area contributed by atoms with E-state index in [-0.39, 0.29) is 11.9 Å². The third kappa shape index (κ3) is 4.52. The molecule has 0 N–H and O–H groups in total. The van der Waals surface area contributed by atoms with Crippen molar-refractivity contribution < 1.29 is 4.39 Å². The lowest BCUT2D eigenvalue weighted by molar-refractivity contribution is 0.201. The van der Waals surface area contributed by atoms with Crippen LogP contribution in [0.15, 0.2) is 78.9 Å². The molecule has 176 valence electrons. The number of anilines is 1. The molecule has 0 amide bonds. The number of tetrazole rings is 1. The highest BCUT2D eigenvalue weighted by molar-refractivity contribution is 7.22. The minimum Gasteiger partial charge on any atom is -0.345 e. The number of hydrogen-bond donors (Lipinski definition) is 0. The highest BCUT2D eigenvalue weighted by Crippen LogP contribution is 2.32. The Hall–Kier alpha value is -3.69. The van der Waals surface area contributed by atoms with E-state index in [0.29, 0.717) is 6.54 Å². The van der Waals surface area contributed by atoms with Gasteiger partial charge in [-0.25, -0.2) is 14.1 Å². The van der Waals surface area contributed by atoms with E-state index in [1.807, 2.05) is 28.9 Å². The quantitative estimate of drug-likeness (QED) is 0.356. The highest BCUT2D eigenvalue weighted by Gasteiger charge is 2.31. The van der Waals surface area contributed by atoms with E-state index >= 15 is 0 Å². The lowest BCUT2D eigenvalue weighted by Crippen LogP contribution is -2.48. The van der Waals surface area contributed by atoms with Gasteiger partial charge in [0.05, 0.1) is 22.8 Å². The van der Waals surface area contributed by atoms with Gasteiger partial charge in [0.2, 0.25) is 0 Å². The predicted molar refractivity (Wildman–Crippen MR) is 135 cm³/mol. The van der Waals surface area contributed by atoms with Gasteiger partial charge in [-0.3, -0.25) is 4.90 Å². The second kappa shape index (κ2) is 9.52. The summed E-state index contributed by atoms with van der Waals surface area (Å²) in [6.45, 7) is 3.96. The Morgan fingerprint density at radius 3 is 2.37 bits per heavy atom. The zero-order valence-electron chi connectivity index (χ0n) is 19.0. The van der Waals surface area contributed by atoms with E-state index in [4.69, 9.17) is 4.98 Å². The van der Waals surface area contributed by atoms with E-state index in [1.165, 1.54) is 16.8 Å². The normalized spacial score (nSPS) is 15.5. The molecule has 1 saturated heterocycles. The third-order valence-electron chi connectivity index (χ3n) is 6.40. The van der Waals surface area contributed by atoms with E-state index in [9.17, 15) is 4.39 Å². The molecule has 1 fully saturated rings. The topological polar surface area (TPSA) is 63.0 Å². The second-order valence-electron chi connectivity index (χ2n) is 8.62. The minimum absolute atomic E-state index is 0.0795. The fourth-order valence-corrected chi connectivity index (χ4v) is 5.63. The Morgan fingerprint density at radius 2 is 1.60 bits per heavy atom. The van der Waals surface area contributed by atoms with Crippen molar-refractivity contribution in [3.05, 3.63) is 102 Å². The molecule has 0 spiro atoms. The van der Waals surface area contributed by atoms with Crippen LogP contribution >= 0.6 is 11.3 Å². The number of thiazole rings is 1. The first kappa shape index (κ1) is 21.8. The molecular weight excluding hydrogens is 461 g/mol. The number of piperazine rings is 1. The van der Waals surface area contributed by atoms with Crippen molar-refractivity contribution in [1.82, 2.24) is 30.1 Å². The SMILES string of the molecule is Fc1ccc(Cn2nnnc2[C@H](c2ccccc2)N2CCN(c3nc4ccccc4s3)CC2)cc1. The summed E-state index contributed by atoms with van der Waals surface area (Å²) in [5, 5.41) is 13.8. The van der Waals surface area contributed by atoms with Crippen LogP contribution in [0.1, 0.15) is 23.0 Å². The van der Waals surface area contributed by atoms with Gasteiger partial charge in [0.1, 0.15) is 5.82 Å². The first-order chi connectivity index (χ1) is 17.2. The van der Waals surface area contributed by atoms with Crippen molar-refractivity contribution in [1.29, 1.82) is 0 Å². The lowest BCUT2D eigenvalue weighted by atomic mass is 10.0. The molecule has 5 aromatic rings. The zero-order chi connectivity index (χ0) is 23.6. The van der Waals surface area contributed by atoms with Crippen molar-refractivity contribution in [3.63, 3.8) is 0 Å². The van der Waals surface area contributed by atoms with Crippen LogP contribution in [0, 0.1) is 5.82 Å². The molecule has 0 unspecified atom stereocenters. The van der Waals surface area contributed by atoms with Gasteiger partial charge >= 0.3 is 0 Å². The van der Waals surface area contributed by atoms with Crippen LogP contribution in [0.25, 0.3) is 10.2 Å². The first-order valence-electron chi connectivity index (χ1n) is 11.6. The van der Waals surface area contributed by atoms with E-state index < -0.39 is 0 Å². The molecule has 1 atom stereocenters. The number of nitrogens with zero attached hydrogens (tertiary/aromatic N) is 7. The molecule has 0 radical (unpaired) electrons. The highest BCUT2D eigenvalue weighted by atomic mass is 32.1. The molecule has 3 heterocycles. The number of hydrogen-bond acceptors (Lipinski definition) is 7. The Balaban J connectivity index is 1.26. The fraction of sp³-hybridized carbons (Fsp3) is 0.231. The third-order valence-corrected chi connectivity index (χ3v) is 7.49. The summed E-state index contributed by atoms with van der Waals surface area (Å²) in [4.78, 5) is 9.65. The Bertz CT molecular complexity index is 1380. The molecule has 0 aliphatic carbocycles. The number of para-hydroxylation sites is 1. The molecule has 9 heteroatoms. The molecular formula is C26H24FN7S. The summed E-state index contributed by atoms with van der Waals surface area (Å²) in [7, 11) is 0. The maximum atomic E-state index is 13.4. The van der Waals surface area contributed by atoms with Crippen LogP contribution in [0.3, 0.4) is 0 Å². The maximum Gasteiger partial charge on any atom is 0.186 e. The molecule has 0 bridgehead atoms.